The molecule has 0 saturated carbocycles. The average molecular weight is 350 g/mol. The monoisotopic (exact) mass is 349 g/mol. The molecule has 1 unspecified atom stereocenters. The van der Waals surface area contributed by atoms with Crippen LogP contribution in [0.5, 0.6) is 0 Å². The van der Waals surface area contributed by atoms with Crippen LogP contribution in [0.2, 0.25) is 0 Å². The fourth-order valence-electron chi connectivity index (χ4n) is 2.44. The zero-order valence-electron chi connectivity index (χ0n) is 12.7. The third kappa shape index (κ3) is 4.14. The molecule has 0 spiro atoms. The van der Waals surface area contributed by atoms with Gasteiger partial charge in [0.25, 0.3) is 0 Å². The molecule has 0 bridgehead atoms. The van der Waals surface area contributed by atoms with Crippen molar-refractivity contribution in [2.24, 2.45) is 0 Å². The minimum Gasteiger partial charge on any atom is -0.306 e. The first-order valence-electron chi connectivity index (χ1n) is 7.27. The van der Waals surface area contributed by atoms with Gasteiger partial charge in [0.1, 0.15) is 5.82 Å². The molecule has 3 heteroatoms. The van der Waals surface area contributed by atoms with Crippen molar-refractivity contribution >= 4 is 15.9 Å². The molecule has 0 amide bonds. The molecule has 2 aromatic carbocycles. The molecule has 112 valence electrons. The first-order chi connectivity index (χ1) is 10.0. The van der Waals surface area contributed by atoms with Crippen LogP contribution in [0, 0.1) is 19.7 Å². The van der Waals surface area contributed by atoms with Gasteiger partial charge >= 0.3 is 0 Å². The summed E-state index contributed by atoms with van der Waals surface area (Å²) in [6.07, 6.45) is 1.04. The van der Waals surface area contributed by atoms with Crippen molar-refractivity contribution in [3.05, 3.63) is 68.9 Å². The molecule has 0 heterocycles. The van der Waals surface area contributed by atoms with Gasteiger partial charge in [-0.1, -0.05) is 41.1 Å². The van der Waals surface area contributed by atoms with E-state index >= 15 is 0 Å². The van der Waals surface area contributed by atoms with Gasteiger partial charge in [-0.15, -0.1) is 0 Å². The van der Waals surface area contributed by atoms with Crippen molar-refractivity contribution in [1.29, 1.82) is 0 Å². The van der Waals surface area contributed by atoms with Crippen molar-refractivity contribution in [3.8, 4) is 0 Å². The van der Waals surface area contributed by atoms with Crippen LogP contribution < -0.4 is 5.32 Å². The Balaban J connectivity index is 2.43. The summed E-state index contributed by atoms with van der Waals surface area (Å²) in [6.45, 7) is 6.88. The van der Waals surface area contributed by atoms with Crippen LogP contribution in [0.4, 0.5) is 4.39 Å². The second-order valence-electron chi connectivity index (χ2n) is 5.46. The highest BCUT2D eigenvalue weighted by molar-refractivity contribution is 9.10. The largest absolute Gasteiger partial charge is 0.306 e. The Morgan fingerprint density at radius 3 is 2.48 bits per heavy atom. The first kappa shape index (κ1) is 16.2. The smallest absolute Gasteiger partial charge is 0.126 e. The lowest BCUT2D eigenvalue weighted by atomic mass is 9.96. The van der Waals surface area contributed by atoms with Crippen LogP contribution in [0.3, 0.4) is 0 Å². The molecule has 0 saturated heterocycles. The third-order valence-corrected chi connectivity index (χ3v) is 3.98. The van der Waals surface area contributed by atoms with Gasteiger partial charge in [-0.3, -0.25) is 0 Å². The number of nitrogens with one attached hydrogen (secondary N) is 1. The Hall–Kier alpha value is -1.19. The molecule has 1 nitrogen and oxygen atoms in total. The lowest BCUT2D eigenvalue weighted by Gasteiger charge is -2.21. The average Bonchev–Trinajstić information content (AvgIpc) is 2.42. The lowest BCUT2D eigenvalue weighted by molar-refractivity contribution is 0.582. The van der Waals surface area contributed by atoms with E-state index in [1.54, 1.807) is 13.0 Å². The minimum atomic E-state index is -0.150. The number of hydrogen-bond donors (Lipinski definition) is 1. The minimum absolute atomic E-state index is 0.0104. The van der Waals surface area contributed by atoms with E-state index in [0.29, 0.717) is 5.56 Å². The fraction of sp³-hybridized carbons (Fsp3) is 0.333. The normalized spacial score (nSPS) is 12.4. The summed E-state index contributed by atoms with van der Waals surface area (Å²) in [5.41, 5.74) is 3.98. The highest BCUT2D eigenvalue weighted by atomic mass is 79.9. The summed E-state index contributed by atoms with van der Waals surface area (Å²) >= 11 is 3.55. The topological polar surface area (TPSA) is 12.0 Å². The van der Waals surface area contributed by atoms with E-state index in [1.165, 1.54) is 5.56 Å². The molecule has 0 fully saturated rings. The molecular weight excluding hydrogens is 329 g/mol. The molecule has 21 heavy (non-hydrogen) atoms. The standard InChI is InChI=1S/C18H21BrFN/c1-4-7-21-18(14-6-5-13(3)17(20)11-14)15-8-12(2)9-16(19)10-15/h5-6,8-11,18,21H,4,7H2,1-3H3. The third-order valence-electron chi connectivity index (χ3n) is 3.53. The molecule has 1 atom stereocenters. The summed E-state index contributed by atoms with van der Waals surface area (Å²) in [6, 6.07) is 11.8. The zero-order valence-corrected chi connectivity index (χ0v) is 14.3. The van der Waals surface area contributed by atoms with Gasteiger partial charge < -0.3 is 5.32 Å². The van der Waals surface area contributed by atoms with Crippen LogP contribution in [-0.4, -0.2) is 6.54 Å². The SMILES string of the molecule is CCCNC(c1cc(C)cc(Br)c1)c1ccc(C)c(F)c1. The van der Waals surface area contributed by atoms with Gasteiger partial charge in [0.05, 0.1) is 6.04 Å². The van der Waals surface area contributed by atoms with Crippen LogP contribution in [-0.2, 0) is 0 Å². The lowest BCUT2D eigenvalue weighted by Crippen LogP contribution is -2.23. The molecule has 2 aromatic rings. The molecule has 2 rings (SSSR count). The highest BCUT2D eigenvalue weighted by Gasteiger charge is 2.15. The summed E-state index contributed by atoms with van der Waals surface area (Å²) in [5.74, 6) is -0.150. The second kappa shape index (κ2) is 7.19. The predicted octanol–water partition coefficient (Wildman–Crippen LogP) is 5.29. The van der Waals surface area contributed by atoms with E-state index < -0.39 is 0 Å². The van der Waals surface area contributed by atoms with Crippen molar-refractivity contribution in [2.45, 2.75) is 33.2 Å². The zero-order chi connectivity index (χ0) is 15.4. The maximum Gasteiger partial charge on any atom is 0.126 e. The summed E-state index contributed by atoms with van der Waals surface area (Å²) in [5, 5.41) is 3.52. The maximum absolute atomic E-state index is 13.9. The summed E-state index contributed by atoms with van der Waals surface area (Å²) in [7, 11) is 0. The second-order valence-corrected chi connectivity index (χ2v) is 6.37. The Labute approximate surface area is 134 Å². The Bertz CT molecular complexity index is 604. The predicted molar refractivity (Wildman–Crippen MR) is 90.2 cm³/mol. The molecule has 0 aliphatic carbocycles. The van der Waals surface area contributed by atoms with Gasteiger partial charge in [-0.25, -0.2) is 4.39 Å². The fourth-order valence-corrected chi connectivity index (χ4v) is 3.06. The van der Waals surface area contributed by atoms with E-state index in [0.717, 1.165) is 28.6 Å². The van der Waals surface area contributed by atoms with Gasteiger partial charge in [-0.2, -0.15) is 0 Å². The maximum atomic E-state index is 13.9. The molecule has 0 aliphatic rings. The number of benzene rings is 2. The molecular formula is C18H21BrFN. The van der Waals surface area contributed by atoms with Gasteiger partial charge in [0.2, 0.25) is 0 Å². The van der Waals surface area contributed by atoms with Crippen LogP contribution in [0.25, 0.3) is 0 Å². The van der Waals surface area contributed by atoms with Gasteiger partial charge in [0.15, 0.2) is 0 Å². The molecule has 0 aliphatic heterocycles. The van der Waals surface area contributed by atoms with Gasteiger partial charge in [0, 0.05) is 4.47 Å². The van der Waals surface area contributed by atoms with E-state index in [4.69, 9.17) is 0 Å². The van der Waals surface area contributed by atoms with Crippen LogP contribution >= 0.6 is 15.9 Å². The number of hydrogen-bond acceptors (Lipinski definition) is 1. The molecule has 0 radical (unpaired) electrons. The Morgan fingerprint density at radius 1 is 1.10 bits per heavy atom. The van der Waals surface area contributed by atoms with Crippen molar-refractivity contribution in [3.63, 3.8) is 0 Å². The van der Waals surface area contributed by atoms with Crippen molar-refractivity contribution in [1.82, 2.24) is 5.32 Å². The van der Waals surface area contributed by atoms with Gasteiger partial charge in [-0.05, 0) is 67.3 Å². The molecule has 1 N–H and O–H groups in total. The van der Waals surface area contributed by atoms with Crippen LogP contribution in [0.1, 0.15) is 41.6 Å². The number of aryl methyl sites for hydroxylation is 2. The van der Waals surface area contributed by atoms with Crippen molar-refractivity contribution in [2.75, 3.05) is 6.54 Å². The van der Waals surface area contributed by atoms with Crippen LogP contribution in [0.15, 0.2) is 40.9 Å². The van der Waals surface area contributed by atoms with E-state index in [1.807, 2.05) is 12.1 Å². The first-order valence-corrected chi connectivity index (χ1v) is 8.07. The van der Waals surface area contributed by atoms with E-state index in [9.17, 15) is 4.39 Å². The quantitative estimate of drug-likeness (QED) is 0.772. The number of rotatable bonds is 5. The highest BCUT2D eigenvalue weighted by Crippen LogP contribution is 2.27. The number of halogens is 2. The Kier molecular flexibility index (Phi) is 5.54. The summed E-state index contributed by atoms with van der Waals surface area (Å²) in [4.78, 5) is 0. The Morgan fingerprint density at radius 2 is 1.86 bits per heavy atom. The van der Waals surface area contributed by atoms with Crippen molar-refractivity contribution < 1.29 is 4.39 Å². The summed E-state index contributed by atoms with van der Waals surface area (Å²) < 4.78 is 14.9. The van der Waals surface area contributed by atoms with E-state index in [-0.39, 0.29) is 11.9 Å². The molecule has 0 aromatic heterocycles. The van der Waals surface area contributed by atoms with E-state index in [2.05, 4.69) is 53.3 Å².